The van der Waals surface area contributed by atoms with Crippen molar-refractivity contribution in [1.82, 2.24) is 4.98 Å². The Morgan fingerprint density at radius 2 is 1.91 bits per heavy atom. The van der Waals surface area contributed by atoms with Crippen LogP contribution in [0.3, 0.4) is 0 Å². The third-order valence-corrected chi connectivity index (χ3v) is 5.43. The maximum atomic E-state index is 12.1. The number of anilines is 1. The maximum Gasteiger partial charge on any atom is 0.324 e. The molecule has 0 saturated carbocycles. The lowest BCUT2D eigenvalue weighted by molar-refractivity contribution is -0.380. The van der Waals surface area contributed by atoms with Gasteiger partial charge in [0.25, 0.3) is 5.91 Å². The van der Waals surface area contributed by atoms with E-state index in [1.54, 1.807) is 12.1 Å². The van der Waals surface area contributed by atoms with E-state index >= 15 is 0 Å². The smallest absolute Gasteiger partial charge is 0.297 e. The van der Waals surface area contributed by atoms with Gasteiger partial charge < -0.3 is 0 Å². The van der Waals surface area contributed by atoms with Gasteiger partial charge in [-0.15, -0.1) is 0 Å². The molecule has 0 fully saturated rings. The van der Waals surface area contributed by atoms with Crippen molar-refractivity contribution in [2.24, 2.45) is 0 Å². The van der Waals surface area contributed by atoms with E-state index in [1.165, 1.54) is 23.5 Å². The van der Waals surface area contributed by atoms with Crippen LogP contribution < -0.4 is 5.32 Å². The zero-order valence-corrected chi connectivity index (χ0v) is 13.6. The summed E-state index contributed by atoms with van der Waals surface area (Å²) in [5.74, 6) is -0.468. The Bertz CT molecular complexity index is 867. The van der Waals surface area contributed by atoms with E-state index in [0.29, 0.717) is 25.4 Å². The molecule has 1 N–H and O–H groups in total. The van der Waals surface area contributed by atoms with Crippen LogP contribution in [0.15, 0.2) is 24.3 Å². The summed E-state index contributed by atoms with van der Waals surface area (Å²) in [6, 6.07) is 5.95. The predicted molar refractivity (Wildman–Crippen MR) is 88.6 cm³/mol. The first-order chi connectivity index (χ1) is 10.5. The van der Waals surface area contributed by atoms with Crippen LogP contribution in [0.25, 0.3) is 10.2 Å². The predicted octanol–water partition coefficient (Wildman–Crippen LogP) is 4.83. The van der Waals surface area contributed by atoms with Crippen molar-refractivity contribution in [3.63, 3.8) is 0 Å². The average Bonchev–Trinajstić information content (AvgIpc) is 3.10. The summed E-state index contributed by atoms with van der Waals surface area (Å²) in [6.07, 6.45) is 0. The fourth-order valence-corrected chi connectivity index (χ4v) is 3.84. The fourth-order valence-electron chi connectivity index (χ4n) is 1.70. The van der Waals surface area contributed by atoms with E-state index < -0.39 is 10.8 Å². The summed E-state index contributed by atoms with van der Waals surface area (Å²) < 4.78 is 0.668. The molecule has 1 amide bonds. The molecule has 3 rings (SSSR count). The quantitative estimate of drug-likeness (QED) is 0.526. The van der Waals surface area contributed by atoms with E-state index in [1.807, 2.05) is 0 Å². The van der Waals surface area contributed by atoms with Crippen LogP contribution in [0.1, 0.15) is 9.67 Å². The van der Waals surface area contributed by atoms with Gasteiger partial charge in [0.1, 0.15) is 5.52 Å². The van der Waals surface area contributed by atoms with Crippen molar-refractivity contribution in [3.8, 4) is 0 Å². The molecule has 6 nitrogen and oxygen atoms in total. The normalized spacial score (nSPS) is 10.8. The Morgan fingerprint density at radius 1 is 1.18 bits per heavy atom. The second-order valence-electron chi connectivity index (χ2n) is 4.08. The van der Waals surface area contributed by atoms with Gasteiger partial charge in [0.2, 0.25) is 0 Å². The lowest BCUT2D eigenvalue weighted by atomic mass is 10.3. The zero-order chi connectivity index (χ0) is 15.9. The number of nitrogens with zero attached hydrogens (tertiary/aromatic N) is 2. The van der Waals surface area contributed by atoms with Gasteiger partial charge in [-0.2, -0.15) is 0 Å². The van der Waals surface area contributed by atoms with E-state index in [4.69, 9.17) is 23.2 Å². The third-order valence-electron chi connectivity index (χ3n) is 2.66. The number of fused-ring (bicyclic) bond motifs is 1. The van der Waals surface area contributed by atoms with Gasteiger partial charge in [-0.3, -0.25) is 20.2 Å². The molecule has 22 heavy (non-hydrogen) atoms. The van der Waals surface area contributed by atoms with E-state index in [9.17, 15) is 14.9 Å². The maximum absolute atomic E-state index is 12.1. The Labute approximate surface area is 141 Å². The second kappa shape index (κ2) is 5.81. The van der Waals surface area contributed by atoms with Crippen molar-refractivity contribution in [1.29, 1.82) is 0 Å². The molecule has 0 unspecified atom stereocenters. The van der Waals surface area contributed by atoms with Crippen molar-refractivity contribution < 1.29 is 9.72 Å². The molecule has 112 valence electrons. The van der Waals surface area contributed by atoms with Crippen LogP contribution in [0, 0.1) is 10.1 Å². The van der Waals surface area contributed by atoms with Crippen molar-refractivity contribution in [2.75, 3.05) is 5.32 Å². The van der Waals surface area contributed by atoms with Crippen molar-refractivity contribution in [3.05, 3.63) is 49.3 Å². The van der Waals surface area contributed by atoms with E-state index in [-0.39, 0.29) is 9.88 Å². The molecule has 0 spiro atoms. The summed E-state index contributed by atoms with van der Waals surface area (Å²) in [4.78, 5) is 26.6. The van der Waals surface area contributed by atoms with Gasteiger partial charge >= 0.3 is 5.00 Å². The Balaban J connectivity index is 1.89. The first kappa shape index (κ1) is 15.2. The molecule has 0 aliphatic rings. The van der Waals surface area contributed by atoms with Crippen LogP contribution in [-0.4, -0.2) is 15.8 Å². The summed E-state index contributed by atoms with van der Waals surface area (Å²) in [6.45, 7) is 0. The van der Waals surface area contributed by atoms with E-state index in [0.717, 1.165) is 11.3 Å². The number of hydrogen-bond acceptors (Lipinski definition) is 6. The Morgan fingerprint density at radius 3 is 2.55 bits per heavy atom. The van der Waals surface area contributed by atoms with Crippen LogP contribution in [0.2, 0.25) is 10.0 Å². The molecule has 0 atom stereocenters. The lowest BCUT2D eigenvalue weighted by Gasteiger charge is -1.96. The number of aromatic nitrogens is 1. The van der Waals surface area contributed by atoms with E-state index in [2.05, 4.69) is 10.3 Å². The fraction of sp³-hybridized carbons (Fsp3) is 0. The molecule has 0 aliphatic carbocycles. The lowest BCUT2D eigenvalue weighted by Crippen LogP contribution is -2.09. The van der Waals surface area contributed by atoms with Gasteiger partial charge in [-0.1, -0.05) is 45.9 Å². The number of hydrogen-bond donors (Lipinski definition) is 1. The highest BCUT2D eigenvalue weighted by Gasteiger charge is 2.17. The van der Waals surface area contributed by atoms with Crippen molar-refractivity contribution >= 4 is 72.1 Å². The molecule has 0 saturated heterocycles. The minimum atomic E-state index is -0.543. The van der Waals surface area contributed by atoms with Crippen LogP contribution in [0.5, 0.6) is 0 Å². The van der Waals surface area contributed by atoms with Gasteiger partial charge in [0.05, 0.1) is 24.5 Å². The van der Waals surface area contributed by atoms with Gasteiger partial charge in [0, 0.05) is 6.07 Å². The molecule has 0 bridgehead atoms. The van der Waals surface area contributed by atoms with Gasteiger partial charge in [-0.25, -0.2) is 4.98 Å². The minimum Gasteiger partial charge on any atom is -0.297 e. The summed E-state index contributed by atoms with van der Waals surface area (Å²) in [5.41, 5.74) is 0.506. The third kappa shape index (κ3) is 2.78. The van der Waals surface area contributed by atoms with Gasteiger partial charge in [-0.05, 0) is 18.2 Å². The number of amides is 1. The molecular formula is C12H5Cl2N3O3S2. The first-order valence-electron chi connectivity index (χ1n) is 5.76. The van der Waals surface area contributed by atoms with Gasteiger partial charge in [0.15, 0.2) is 5.13 Å². The molecule has 10 heteroatoms. The number of thiophene rings is 1. The largest absolute Gasteiger partial charge is 0.324 e. The molecule has 3 aromatic rings. The minimum absolute atomic E-state index is 0.0967. The highest BCUT2D eigenvalue weighted by Crippen LogP contribution is 2.36. The number of rotatable bonds is 3. The van der Waals surface area contributed by atoms with Crippen molar-refractivity contribution in [2.45, 2.75) is 0 Å². The monoisotopic (exact) mass is 373 g/mol. The molecule has 0 aliphatic heterocycles. The van der Waals surface area contributed by atoms with Crippen LogP contribution >= 0.6 is 45.9 Å². The number of nitrogens with one attached hydrogen (secondary N) is 1. The average molecular weight is 374 g/mol. The topological polar surface area (TPSA) is 85.1 Å². The summed E-state index contributed by atoms with van der Waals surface area (Å²) >= 11 is 14.1. The highest BCUT2D eigenvalue weighted by atomic mass is 35.5. The first-order valence-corrected chi connectivity index (χ1v) is 8.14. The number of halogens is 2. The standard InChI is InChI=1S/C12H5Cl2N3O3S2/c13-5-1-2-6(14)10-9(5)15-12(22-10)16-11(18)7-3-4-8(21-7)17(19)20/h1-4H,(H,15,16,18). The van der Waals surface area contributed by atoms with Crippen LogP contribution in [-0.2, 0) is 0 Å². The number of carbonyl (C=O) groups is 1. The number of nitro groups is 1. The summed E-state index contributed by atoms with van der Waals surface area (Å²) in [7, 11) is 0. The highest BCUT2D eigenvalue weighted by molar-refractivity contribution is 7.23. The Hall–Kier alpha value is -1.74. The molecular weight excluding hydrogens is 369 g/mol. The molecule has 2 heterocycles. The SMILES string of the molecule is O=C(Nc1nc2c(Cl)ccc(Cl)c2s1)c1ccc([N+](=O)[O-])s1. The molecule has 0 radical (unpaired) electrons. The zero-order valence-electron chi connectivity index (χ0n) is 10.5. The molecule has 2 aromatic heterocycles. The number of thiazole rings is 1. The number of carbonyl (C=O) groups excluding carboxylic acids is 1. The molecule has 1 aromatic carbocycles. The second-order valence-corrected chi connectivity index (χ2v) is 6.95. The number of benzene rings is 1. The summed E-state index contributed by atoms with van der Waals surface area (Å²) in [5, 5.41) is 14.4. The Kier molecular flexibility index (Phi) is 4.00. The van der Waals surface area contributed by atoms with Crippen LogP contribution in [0.4, 0.5) is 10.1 Å².